The van der Waals surface area contributed by atoms with Gasteiger partial charge in [-0.3, -0.25) is 0 Å². The lowest BCUT2D eigenvalue weighted by atomic mass is 10.0. The Morgan fingerprint density at radius 3 is 2.44 bits per heavy atom. The first-order chi connectivity index (χ1) is 7.72. The van der Waals surface area contributed by atoms with Gasteiger partial charge in [-0.15, -0.1) is 0 Å². The van der Waals surface area contributed by atoms with E-state index in [9.17, 15) is 4.39 Å². The Hall–Kier alpha value is -1.38. The van der Waals surface area contributed by atoms with Gasteiger partial charge in [0.15, 0.2) is 0 Å². The molecule has 0 heterocycles. The van der Waals surface area contributed by atoms with Crippen molar-refractivity contribution < 1.29 is 4.39 Å². The van der Waals surface area contributed by atoms with Crippen LogP contribution >= 0.6 is 11.6 Å². The zero-order valence-corrected chi connectivity index (χ0v) is 9.34. The molecule has 0 spiro atoms. The summed E-state index contributed by atoms with van der Waals surface area (Å²) in [5.41, 5.74) is 7.42. The van der Waals surface area contributed by atoms with E-state index in [1.54, 1.807) is 18.2 Å². The molecule has 3 heteroatoms. The van der Waals surface area contributed by atoms with Crippen molar-refractivity contribution in [3.63, 3.8) is 0 Å². The van der Waals surface area contributed by atoms with Crippen molar-refractivity contribution >= 4 is 11.6 Å². The van der Waals surface area contributed by atoms with Gasteiger partial charge in [-0.05, 0) is 17.7 Å². The molecule has 2 rings (SSSR count). The third kappa shape index (κ3) is 2.08. The minimum atomic E-state index is -0.295. The van der Waals surface area contributed by atoms with Crippen molar-refractivity contribution in [3.8, 4) is 11.1 Å². The molecular weight excluding hydrogens is 225 g/mol. The summed E-state index contributed by atoms with van der Waals surface area (Å²) in [6.07, 6.45) is 0. The lowest BCUT2D eigenvalue weighted by Gasteiger charge is -2.07. The minimum Gasteiger partial charge on any atom is -0.326 e. The number of hydrogen-bond donors (Lipinski definition) is 1. The van der Waals surface area contributed by atoms with Crippen LogP contribution in [0.3, 0.4) is 0 Å². The van der Waals surface area contributed by atoms with Gasteiger partial charge in [0.1, 0.15) is 5.82 Å². The molecule has 0 aliphatic heterocycles. The second kappa shape index (κ2) is 4.64. The highest BCUT2D eigenvalue weighted by atomic mass is 35.5. The molecule has 82 valence electrons. The van der Waals surface area contributed by atoms with E-state index in [4.69, 9.17) is 17.3 Å². The quantitative estimate of drug-likeness (QED) is 0.846. The molecule has 1 nitrogen and oxygen atoms in total. The number of hydrogen-bond acceptors (Lipinski definition) is 1. The summed E-state index contributed by atoms with van der Waals surface area (Å²) in [5.74, 6) is -0.295. The van der Waals surface area contributed by atoms with Crippen molar-refractivity contribution in [1.82, 2.24) is 0 Å². The Kier molecular flexibility index (Phi) is 3.22. The molecule has 0 fully saturated rings. The van der Waals surface area contributed by atoms with Gasteiger partial charge in [0.2, 0.25) is 0 Å². The summed E-state index contributed by atoms with van der Waals surface area (Å²) in [7, 11) is 0. The van der Waals surface area contributed by atoms with E-state index < -0.39 is 0 Å². The van der Waals surface area contributed by atoms with Crippen LogP contribution in [0.2, 0.25) is 5.02 Å². The Bertz CT molecular complexity index is 511. The van der Waals surface area contributed by atoms with Crippen molar-refractivity contribution in [2.24, 2.45) is 5.73 Å². The maximum Gasteiger partial charge on any atom is 0.131 e. The largest absolute Gasteiger partial charge is 0.326 e. The Morgan fingerprint density at radius 1 is 1.06 bits per heavy atom. The highest BCUT2D eigenvalue weighted by molar-refractivity contribution is 6.33. The van der Waals surface area contributed by atoms with Gasteiger partial charge in [-0.1, -0.05) is 41.9 Å². The van der Waals surface area contributed by atoms with Gasteiger partial charge in [0.05, 0.1) is 0 Å². The van der Waals surface area contributed by atoms with Crippen molar-refractivity contribution in [1.29, 1.82) is 0 Å². The predicted octanol–water partition coefficient (Wildman–Crippen LogP) is 3.60. The van der Waals surface area contributed by atoms with Crippen LogP contribution in [0.5, 0.6) is 0 Å². The Balaban J connectivity index is 2.53. The van der Waals surface area contributed by atoms with Crippen LogP contribution in [0.15, 0.2) is 42.5 Å². The molecule has 0 aromatic heterocycles. The fourth-order valence-corrected chi connectivity index (χ4v) is 1.82. The zero-order valence-electron chi connectivity index (χ0n) is 8.58. The third-order valence-corrected chi connectivity index (χ3v) is 2.76. The van der Waals surface area contributed by atoms with Crippen molar-refractivity contribution in [3.05, 3.63) is 58.9 Å². The van der Waals surface area contributed by atoms with Gasteiger partial charge in [-0.2, -0.15) is 0 Å². The fraction of sp³-hybridized carbons (Fsp3) is 0.0769. The fourth-order valence-electron chi connectivity index (χ4n) is 1.58. The average molecular weight is 236 g/mol. The van der Waals surface area contributed by atoms with Gasteiger partial charge < -0.3 is 5.73 Å². The lowest BCUT2D eigenvalue weighted by molar-refractivity contribution is 0.629. The second-order valence-corrected chi connectivity index (χ2v) is 3.91. The second-order valence-electron chi connectivity index (χ2n) is 3.50. The third-order valence-electron chi connectivity index (χ3n) is 2.43. The van der Waals surface area contributed by atoms with Gasteiger partial charge in [0, 0.05) is 22.7 Å². The van der Waals surface area contributed by atoms with Gasteiger partial charge >= 0.3 is 0 Å². The molecule has 0 aliphatic carbocycles. The smallest absolute Gasteiger partial charge is 0.131 e. The first kappa shape index (κ1) is 11.1. The molecule has 0 saturated heterocycles. The van der Waals surface area contributed by atoms with Crippen LogP contribution in [0.25, 0.3) is 11.1 Å². The summed E-state index contributed by atoms with van der Waals surface area (Å²) in [6.45, 7) is 0.333. The molecule has 0 unspecified atom stereocenters. The predicted molar refractivity (Wildman–Crippen MR) is 64.7 cm³/mol. The first-order valence-corrected chi connectivity index (χ1v) is 5.33. The maximum absolute atomic E-state index is 13.8. The summed E-state index contributed by atoms with van der Waals surface area (Å²) in [4.78, 5) is 0. The molecule has 0 radical (unpaired) electrons. The normalized spacial score (nSPS) is 10.4. The van der Waals surface area contributed by atoms with Crippen LogP contribution < -0.4 is 5.73 Å². The van der Waals surface area contributed by atoms with Crippen molar-refractivity contribution in [2.75, 3.05) is 0 Å². The highest BCUT2D eigenvalue weighted by Crippen LogP contribution is 2.29. The van der Waals surface area contributed by atoms with Crippen LogP contribution in [-0.2, 0) is 6.54 Å². The standard InChI is InChI=1S/C13H11ClFN/c14-12-4-2-1-3-10(12)11-6-5-9(8-16)7-13(11)15/h1-7H,8,16H2. The minimum absolute atomic E-state index is 0.295. The summed E-state index contributed by atoms with van der Waals surface area (Å²) < 4.78 is 13.8. The van der Waals surface area contributed by atoms with Crippen LogP contribution in [0.1, 0.15) is 5.56 Å². The molecule has 2 aromatic carbocycles. The Morgan fingerprint density at radius 2 is 1.81 bits per heavy atom. The summed E-state index contributed by atoms with van der Waals surface area (Å²) in [6, 6.07) is 12.1. The van der Waals surface area contributed by atoms with Crippen LogP contribution in [0, 0.1) is 5.82 Å². The summed E-state index contributed by atoms with van der Waals surface area (Å²) in [5, 5.41) is 0.543. The zero-order chi connectivity index (χ0) is 11.5. The number of rotatable bonds is 2. The first-order valence-electron chi connectivity index (χ1n) is 4.96. The van der Waals surface area contributed by atoms with E-state index in [1.807, 2.05) is 18.2 Å². The topological polar surface area (TPSA) is 26.0 Å². The van der Waals surface area contributed by atoms with E-state index in [1.165, 1.54) is 6.07 Å². The number of benzene rings is 2. The Labute approximate surface area is 98.7 Å². The van der Waals surface area contributed by atoms with E-state index >= 15 is 0 Å². The highest BCUT2D eigenvalue weighted by Gasteiger charge is 2.08. The molecule has 0 aliphatic rings. The SMILES string of the molecule is NCc1ccc(-c2ccccc2Cl)c(F)c1. The number of nitrogens with two attached hydrogens (primary N) is 1. The van der Waals surface area contributed by atoms with Crippen LogP contribution in [0.4, 0.5) is 4.39 Å². The molecular formula is C13H11ClFN. The molecule has 2 aromatic rings. The van der Waals surface area contributed by atoms with E-state index in [0.717, 1.165) is 5.56 Å². The van der Waals surface area contributed by atoms with E-state index in [2.05, 4.69) is 0 Å². The average Bonchev–Trinajstić information content (AvgIpc) is 2.30. The van der Waals surface area contributed by atoms with E-state index in [-0.39, 0.29) is 5.82 Å². The molecule has 0 atom stereocenters. The molecule has 0 amide bonds. The molecule has 2 N–H and O–H groups in total. The number of halogens is 2. The molecule has 0 saturated carbocycles. The van der Waals surface area contributed by atoms with Gasteiger partial charge in [-0.25, -0.2) is 4.39 Å². The summed E-state index contributed by atoms with van der Waals surface area (Å²) >= 11 is 6.01. The van der Waals surface area contributed by atoms with Gasteiger partial charge in [0.25, 0.3) is 0 Å². The molecule has 16 heavy (non-hydrogen) atoms. The monoisotopic (exact) mass is 235 g/mol. The molecule has 0 bridgehead atoms. The van der Waals surface area contributed by atoms with E-state index in [0.29, 0.717) is 22.7 Å². The van der Waals surface area contributed by atoms with Crippen molar-refractivity contribution in [2.45, 2.75) is 6.54 Å². The lowest BCUT2D eigenvalue weighted by Crippen LogP contribution is -1.97. The maximum atomic E-state index is 13.8. The van der Waals surface area contributed by atoms with Crippen LogP contribution in [-0.4, -0.2) is 0 Å².